The monoisotopic (exact) mass is 377 g/mol. The zero-order valence-corrected chi connectivity index (χ0v) is 17.6. The van der Waals surface area contributed by atoms with Crippen molar-refractivity contribution in [1.29, 1.82) is 0 Å². The van der Waals surface area contributed by atoms with Crippen molar-refractivity contribution in [1.82, 2.24) is 0 Å². The molecule has 150 valence electrons. The number of ketones is 1. The predicted molar refractivity (Wildman–Crippen MR) is 118 cm³/mol. The molecule has 0 amide bonds. The Kier molecular flexibility index (Phi) is 5.98. The number of hydrogen-bond acceptors (Lipinski definition) is 2. The first-order chi connectivity index (χ1) is 13.5. The van der Waals surface area contributed by atoms with Gasteiger partial charge >= 0.3 is 0 Å². The van der Waals surface area contributed by atoms with Crippen molar-refractivity contribution in [3.63, 3.8) is 0 Å². The van der Waals surface area contributed by atoms with Gasteiger partial charge in [0, 0.05) is 12.1 Å². The number of carbonyl (C=O) groups excluding carboxylic acids is 1. The van der Waals surface area contributed by atoms with Crippen LogP contribution in [-0.4, -0.2) is 5.78 Å². The lowest BCUT2D eigenvalue weighted by Gasteiger charge is -2.68. The van der Waals surface area contributed by atoms with Crippen LogP contribution in [0.4, 0.5) is 0 Å². The molecule has 8 unspecified atom stereocenters. The van der Waals surface area contributed by atoms with Crippen LogP contribution in [0.2, 0.25) is 0 Å². The van der Waals surface area contributed by atoms with E-state index in [1.807, 2.05) is 0 Å². The van der Waals surface area contributed by atoms with Crippen LogP contribution in [-0.2, 0) is 4.79 Å². The van der Waals surface area contributed by atoms with Gasteiger partial charge in [-0.2, -0.15) is 0 Å². The summed E-state index contributed by atoms with van der Waals surface area (Å²) in [5.41, 5.74) is 7.04. The summed E-state index contributed by atoms with van der Waals surface area (Å²) < 4.78 is 0. The second-order valence-electron chi connectivity index (χ2n) is 8.75. The van der Waals surface area contributed by atoms with Crippen LogP contribution in [0.3, 0.4) is 0 Å². The molecule has 0 radical (unpaired) electrons. The van der Waals surface area contributed by atoms with Crippen LogP contribution in [0.15, 0.2) is 73.5 Å². The lowest BCUT2D eigenvalue weighted by molar-refractivity contribution is -0.149. The molecule has 3 saturated carbocycles. The van der Waals surface area contributed by atoms with E-state index in [4.69, 9.17) is 5.73 Å². The fourth-order valence-electron chi connectivity index (χ4n) is 6.79. The van der Waals surface area contributed by atoms with E-state index >= 15 is 0 Å². The molecule has 4 rings (SSSR count). The fraction of sp³-hybridized carbons (Fsp3) is 0.500. The van der Waals surface area contributed by atoms with Crippen LogP contribution in [0.5, 0.6) is 0 Å². The SMILES string of the molecule is C=CC1C2C3C=CC(N)=CC3C(CCC(C)=O)(C(C=C)C2/C=C\C)C1/C=C\C. The van der Waals surface area contributed by atoms with Gasteiger partial charge in [0.05, 0.1) is 0 Å². The summed E-state index contributed by atoms with van der Waals surface area (Å²) >= 11 is 0. The van der Waals surface area contributed by atoms with Gasteiger partial charge in [0.2, 0.25) is 0 Å². The fourth-order valence-corrected chi connectivity index (χ4v) is 6.79. The summed E-state index contributed by atoms with van der Waals surface area (Å²) in [7, 11) is 0. The normalized spacial score (nSPS) is 41.8. The maximum Gasteiger partial charge on any atom is 0.129 e. The number of rotatable bonds is 7. The minimum absolute atomic E-state index is 0.0856. The molecule has 2 heteroatoms. The maximum atomic E-state index is 12.1. The Labute approximate surface area is 170 Å². The van der Waals surface area contributed by atoms with Gasteiger partial charge in [-0.25, -0.2) is 0 Å². The summed E-state index contributed by atoms with van der Waals surface area (Å²) in [5.74, 6) is 2.87. The van der Waals surface area contributed by atoms with E-state index in [0.29, 0.717) is 47.8 Å². The maximum absolute atomic E-state index is 12.1. The van der Waals surface area contributed by atoms with Gasteiger partial charge in [-0.3, -0.25) is 0 Å². The Balaban J connectivity index is 2.28. The quantitative estimate of drug-likeness (QED) is 0.585. The highest BCUT2D eigenvalue weighted by atomic mass is 16.1. The van der Waals surface area contributed by atoms with Gasteiger partial charge in [0.25, 0.3) is 0 Å². The third-order valence-corrected chi connectivity index (χ3v) is 7.57. The average Bonchev–Trinajstić information content (AvgIpc) is 2.67. The molecule has 8 atom stereocenters. The van der Waals surface area contributed by atoms with E-state index < -0.39 is 0 Å². The van der Waals surface area contributed by atoms with Gasteiger partial charge in [-0.05, 0) is 80.1 Å². The Bertz CT molecular complexity index is 744. The summed E-state index contributed by atoms with van der Waals surface area (Å²) in [6.07, 6.45) is 21.5. The van der Waals surface area contributed by atoms with Crippen molar-refractivity contribution < 1.29 is 4.79 Å². The molecule has 0 aromatic carbocycles. The largest absolute Gasteiger partial charge is 0.399 e. The summed E-state index contributed by atoms with van der Waals surface area (Å²) in [6, 6.07) is 0. The highest BCUT2D eigenvalue weighted by Gasteiger charge is 2.66. The summed E-state index contributed by atoms with van der Waals surface area (Å²) in [4.78, 5) is 12.1. The number of allylic oxidation sites excluding steroid dienone is 9. The standard InChI is InChI=1S/C26H35NO/c1-6-10-20-22(9-4)26(15-14-17(5)28)23(11-7-2)19(8-3)25(20)21-13-12-18(27)16-24(21)26/h6-13,16,19-25H,3-4,14-15,27H2,1-2,5H3/b10-6-,11-7-. The molecule has 28 heavy (non-hydrogen) atoms. The van der Waals surface area contributed by atoms with E-state index in [0.717, 1.165) is 12.1 Å². The Morgan fingerprint density at radius 1 is 1.14 bits per heavy atom. The second-order valence-corrected chi connectivity index (χ2v) is 8.75. The molecule has 0 aliphatic heterocycles. The smallest absolute Gasteiger partial charge is 0.129 e. The first-order valence-electron chi connectivity index (χ1n) is 10.6. The molecule has 0 saturated heterocycles. The van der Waals surface area contributed by atoms with Crippen molar-refractivity contribution >= 4 is 5.78 Å². The van der Waals surface area contributed by atoms with E-state index in [-0.39, 0.29) is 11.2 Å². The van der Waals surface area contributed by atoms with E-state index in [1.165, 1.54) is 0 Å². The Hall–Kier alpha value is -2.09. The first kappa shape index (κ1) is 20.6. The number of carbonyl (C=O) groups is 1. The molecule has 0 heterocycles. The minimum Gasteiger partial charge on any atom is -0.399 e. The molecule has 3 fully saturated rings. The van der Waals surface area contributed by atoms with Crippen molar-refractivity contribution in [3.8, 4) is 0 Å². The van der Waals surface area contributed by atoms with E-state index in [9.17, 15) is 4.79 Å². The average molecular weight is 378 g/mol. The molecule has 0 spiro atoms. The van der Waals surface area contributed by atoms with Gasteiger partial charge in [-0.15, -0.1) is 13.2 Å². The van der Waals surface area contributed by atoms with Gasteiger partial charge < -0.3 is 10.5 Å². The zero-order chi connectivity index (χ0) is 20.5. The summed E-state index contributed by atoms with van der Waals surface area (Å²) in [6.45, 7) is 14.4. The van der Waals surface area contributed by atoms with E-state index in [1.54, 1.807) is 6.92 Å². The lowest BCUT2D eigenvalue weighted by atomic mass is 9.35. The molecule has 4 aliphatic carbocycles. The third kappa shape index (κ3) is 2.98. The lowest BCUT2D eigenvalue weighted by Crippen LogP contribution is -2.64. The highest BCUT2D eigenvalue weighted by molar-refractivity contribution is 5.75. The van der Waals surface area contributed by atoms with Gasteiger partial charge in [0.15, 0.2) is 0 Å². The van der Waals surface area contributed by atoms with Crippen LogP contribution in [0.1, 0.15) is 33.6 Å². The molecule has 0 aromatic heterocycles. The van der Waals surface area contributed by atoms with Crippen molar-refractivity contribution in [3.05, 3.63) is 73.5 Å². The summed E-state index contributed by atoms with van der Waals surface area (Å²) in [5, 5.41) is 0. The zero-order valence-electron chi connectivity index (χ0n) is 17.6. The van der Waals surface area contributed by atoms with Crippen molar-refractivity contribution in [2.45, 2.75) is 33.6 Å². The topological polar surface area (TPSA) is 43.1 Å². The Morgan fingerprint density at radius 3 is 2.43 bits per heavy atom. The van der Waals surface area contributed by atoms with Gasteiger partial charge in [0.1, 0.15) is 5.78 Å². The molecule has 2 bridgehead atoms. The molecule has 2 N–H and O–H groups in total. The van der Waals surface area contributed by atoms with Gasteiger partial charge in [-0.1, -0.05) is 48.6 Å². The van der Waals surface area contributed by atoms with Crippen LogP contribution < -0.4 is 5.73 Å². The second kappa shape index (κ2) is 8.11. The molecule has 4 aliphatic rings. The van der Waals surface area contributed by atoms with Crippen LogP contribution >= 0.6 is 0 Å². The Morgan fingerprint density at radius 2 is 1.86 bits per heavy atom. The number of fused-ring (bicyclic) bond motifs is 2. The molecular formula is C26H35NO. The minimum atomic E-state index is -0.0856. The third-order valence-electron chi connectivity index (χ3n) is 7.57. The first-order valence-corrected chi connectivity index (χ1v) is 10.6. The van der Waals surface area contributed by atoms with Crippen LogP contribution in [0.25, 0.3) is 0 Å². The number of Topliss-reactive ketones (excluding diaryl/α,β-unsaturated/α-hetero) is 1. The molecular weight excluding hydrogens is 342 g/mol. The van der Waals surface area contributed by atoms with Crippen LogP contribution in [0, 0.1) is 46.8 Å². The molecule has 2 nitrogen and oxygen atoms in total. The predicted octanol–water partition coefficient (Wildman–Crippen LogP) is 5.62. The van der Waals surface area contributed by atoms with Crippen molar-refractivity contribution in [2.24, 2.45) is 52.6 Å². The molecule has 0 aromatic rings. The van der Waals surface area contributed by atoms with Crippen molar-refractivity contribution in [2.75, 3.05) is 0 Å². The highest BCUT2D eigenvalue weighted by Crippen LogP contribution is 2.70. The van der Waals surface area contributed by atoms with E-state index in [2.05, 4.69) is 81.7 Å². The number of nitrogens with two attached hydrogens (primary N) is 1. The number of hydrogen-bond donors (Lipinski definition) is 1.